The monoisotopic (exact) mass is 426 g/mol. The van der Waals surface area contributed by atoms with Crippen LogP contribution in [-0.4, -0.2) is 11.9 Å². The molecule has 4 aromatic carbocycles. The number of hydrogen-bond donors (Lipinski definition) is 0. The first-order valence-corrected chi connectivity index (χ1v) is 11.1. The number of allylic oxidation sites excluding steroid dienone is 2. The first-order valence-electron chi connectivity index (χ1n) is 11.1. The maximum absolute atomic E-state index is 13.2. The molecule has 0 spiro atoms. The van der Waals surface area contributed by atoms with Crippen LogP contribution in [0.4, 0.5) is 0 Å². The summed E-state index contributed by atoms with van der Waals surface area (Å²) in [6.07, 6.45) is 0. The number of rotatable bonds is 2. The second-order valence-corrected chi connectivity index (χ2v) is 8.71. The smallest absolute Gasteiger partial charge is 0.322 e. The number of ether oxygens (including phenoxy) is 1. The Morgan fingerprint density at radius 2 is 0.970 bits per heavy atom. The average molecular weight is 426 g/mol. The summed E-state index contributed by atoms with van der Waals surface area (Å²) in [6.45, 7) is 0. The van der Waals surface area contributed by atoms with E-state index in [9.17, 15) is 9.59 Å². The van der Waals surface area contributed by atoms with Crippen LogP contribution in [0.1, 0.15) is 22.3 Å². The maximum atomic E-state index is 13.2. The van der Waals surface area contributed by atoms with Gasteiger partial charge in [0, 0.05) is 0 Å². The summed E-state index contributed by atoms with van der Waals surface area (Å²) in [5.74, 6) is -2.27. The van der Waals surface area contributed by atoms with Crippen molar-refractivity contribution in [2.45, 2.75) is 0 Å². The van der Waals surface area contributed by atoms with Gasteiger partial charge in [0.05, 0.1) is 0 Å². The molecular weight excluding hydrogens is 408 g/mol. The van der Waals surface area contributed by atoms with Gasteiger partial charge < -0.3 is 4.74 Å². The van der Waals surface area contributed by atoms with Gasteiger partial charge in [-0.15, -0.1) is 0 Å². The van der Waals surface area contributed by atoms with Crippen molar-refractivity contribution in [2.75, 3.05) is 0 Å². The van der Waals surface area contributed by atoms with E-state index in [-0.39, 0.29) is 0 Å². The molecule has 1 saturated heterocycles. The molecule has 0 aromatic heterocycles. The molecule has 3 nitrogen and oxygen atoms in total. The third-order valence-corrected chi connectivity index (χ3v) is 7.07. The van der Waals surface area contributed by atoms with E-state index in [0.29, 0.717) is 0 Å². The summed E-state index contributed by atoms with van der Waals surface area (Å²) in [5.41, 5.74) is 7.96. The topological polar surface area (TPSA) is 43.4 Å². The van der Waals surface area contributed by atoms with Gasteiger partial charge in [-0.05, 0) is 55.3 Å². The Labute approximate surface area is 190 Å². The third kappa shape index (κ3) is 2.39. The molecule has 2 atom stereocenters. The average Bonchev–Trinajstić information content (AvgIpc) is 3.35. The Bertz CT molecular complexity index is 1440. The fourth-order valence-electron chi connectivity index (χ4n) is 5.85. The van der Waals surface area contributed by atoms with E-state index in [4.69, 9.17) is 4.74 Å². The normalized spacial score (nSPS) is 20.8. The minimum absolute atomic E-state index is 0.466. The number of carbonyl (C=O) groups is 2. The van der Waals surface area contributed by atoms with Crippen molar-refractivity contribution in [1.82, 2.24) is 0 Å². The highest BCUT2D eigenvalue weighted by Gasteiger charge is 2.54. The van der Waals surface area contributed by atoms with Crippen LogP contribution in [0.3, 0.4) is 0 Å². The number of hydrogen-bond acceptors (Lipinski definition) is 3. The van der Waals surface area contributed by atoms with E-state index in [1.54, 1.807) is 0 Å². The lowest BCUT2D eigenvalue weighted by Gasteiger charge is -2.30. The van der Waals surface area contributed by atoms with Crippen LogP contribution in [0, 0.1) is 11.8 Å². The first-order chi connectivity index (χ1) is 16.2. The first kappa shape index (κ1) is 18.3. The molecule has 0 amide bonds. The molecule has 33 heavy (non-hydrogen) atoms. The van der Waals surface area contributed by atoms with Crippen LogP contribution in [0.15, 0.2) is 97.1 Å². The zero-order chi connectivity index (χ0) is 22.1. The predicted molar refractivity (Wildman–Crippen MR) is 129 cm³/mol. The number of cyclic esters (lactones) is 2. The Hall–Kier alpha value is -4.24. The third-order valence-electron chi connectivity index (χ3n) is 7.07. The van der Waals surface area contributed by atoms with Crippen molar-refractivity contribution in [1.29, 1.82) is 0 Å². The molecule has 156 valence electrons. The van der Waals surface area contributed by atoms with Crippen LogP contribution in [-0.2, 0) is 14.3 Å². The number of benzene rings is 4. The summed E-state index contributed by atoms with van der Waals surface area (Å²) in [4.78, 5) is 26.4. The van der Waals surface area contributed by atoms with Crippen LogP contribution in [0.2, 0.25) is 0 Å². The molecule has 2 unspecified atom stereocenters. The highest BCUT2D eigenvalue weighted by molar-refractivity contribution is 6.37. The van der Waals surface area contributed by atoms with Gasteiger partial charge in [0.2, 0.25) is 0 Å². The lowest BCUT2D eigenvalue weighted by molar-refractivity contribution is -0.153. The van der Waals surface area contributed by atoms with Crippen LogP contribution >= 0.6 is 0 Å². The van der Waals surface area contributed by atoms with Gasteiger partial charge in [-0.25, -0.2) is 0 Å². The molecule has 0 N–H and O–H groups in total. The van der Waals surface area contributed by atoms with Gasteiger partial charge >= 0.3 is 11.9 Å². The van der Waals surface area contributed by atoms with Gasteiger partial charge in [0.1, 0.15) is 11.8 Å². The zero-order valence-electron chi connectivity index (χ0n) is 17.6. The van der Waals surface area contributed by atoms with E-state index >= 15 is 0 Å². The number of esters is 2. The molecule has 0 radical (unpaired) electrons. The Kier molecular flexibility index (Phi) is 3.68. The van der Waals surface area contributed by atoms with E-state index in [0.717, 1.165) is 49.9 Å². The quantitative estimate of drug-likeness (QED) is 0.291. The van der Waals surface area contributed by atoms with E-state index in [2.05, 4.69) is 36.4 Å². The van der Waals surface area contributed by atoms with Crippen molar-refractivity contribution >= 4 is 45.0 Å². The minimum atomic E-state index is -0.668. The minimum Gasteiger partial charge on any atom is -0.392 e. The molecule has 1 heterocycles. The van der Waals surface area contributed by atoms with Crippen LogP contribution in [0.5, 0.6) is 0 Å². The predicted octanol–water partition coefficient (Wildman–Crippen LogP) is 6.00. The fraction of sp³-hybridized carbons (Fsp3) is 0.0667. The van der Waals surface area contributed by atoms with Gasteiger partial charge in [-0.3, -0.25) is 9.59 Å². The molecule has 3 heteroatoms. The molecule has 2 aliphatic carbocycles. The standard InChI is InChI=1S/C30H18O3/c31-29-27-23(18-9-3-1-4-10-18)25-20-15-7-13-17-14-8-16-21(22(17)20)26(25)24(28(27)30(32)33-29)19-11-5-2-6-12-19/h1-16,27-28H. The Morgan fingerprint density at radius 3 is 1.42 bits per heavy atom. The lowest BCUT2D eigenvalue weighted by Crippen LogP contribution is -2.26. The van der Waals surface area contributed by atoms with Crippen LogP contribution < -0.4 is 0 Å². The molecule has 0 saturated carbocycles. The second-order valence-electron chi connectivity index (χ2n) is 8.71. The Balaban J connectivity index is 1.71. The van der Waals surface area contributed by atoms with Crippen molar-refractivity contribution in [3.63, 3.8) is 0 Å². The highest BCUT2D eigenvalue weighted by atomic mass is 16.6. The molecule has 1 fully saturated rings. The van der Waals surface area contributed by atoms with Gasteiger partial charge in [0.25, 0.3) is 0 Å². The molecule has 7 rings (SSSR count). The van der Waals surface area contributed by atoms with Gasteiger partial charge in [-0.1, -0.05) is 97.1 Å². The lowest BCUT2D eigenvalue weighted by atomic mass is 9.68. The summed E-state index contributed by atoms with van der Waals surface area (Å²) in [6, 6.07) is 32.5. The van der Waals surface area contributed by atoms with Crippen molar-refractivity contribution in [3.8, 4) is 0 Å². The number of carbonyl (C=O) groups excluding carboxylic acids is 2. The van der Waals surface area contributed by atoms with Crippen LogP contribution in [0.25, 0.3) is 33.1 Å². The SMILES string of the molecule is O=C1OC(=O)C2C(c3ccccc3)=C3C(=C(c4ccccc4)C12)c1cccc2cccc3c12. The van der Waals surface area contributed by atoms with E-state index < -0.39 is 23.8 Å². The summed E-state index contributed by atoms with van der Waals surface area (Å²) in [7, 11) is 0. The van der Waals surface area contributed by atoms with E-state index in [1.165, 1.54) is 5.39 Å². The number of fused-ring (bicyclic) bond motifs is 4. The second kappa shape index (κ2) is 6.63. The van der Waals surface area contributed by atoms with Gasteiger partial charge in [0.15, 0.2) is 0 Å². The zero-order valence-corrected chi connectivity index (χ0v) is 17.6. The van der Waals surface area contributed by atoms with Crippen molar-refractivity contribution in [3.05, 3.63) is 119 Å². The maximum Gasteiger partial charge on any atom is 0.322 e. The van der Waals surface area contributed by atoms with E-state index in [1.807, 2.05) is 60.7 Å². The largest absolute Gasteiger partial charge is 0.392 e. The van der Waals surface area contributed by atoms with Crippen molar-refractivity contribution < 1.29 is 14.3 Å². The molecule has 3 aliphatic rings. The Morgan fingerprint density at radius 1 is 0.515 bits per heavy atom. The molecular formula is C30H18O3. The summed E-state index contributed by atoms with van der Waals surface area (Å²) >= 11 is 0. The fourth-order valence-corrected chi connectivity index (χ4v) is 5.85. The van der Waals surface area contributed by atoms with Crippen molar-refractivity contribution in [2.24, 2.45) is 11.8 Å². The molecule has 1 aliphatic heterocycles. The highest BCUT2D eigenvalue weighted by Crippen LogP contribution is 2.60. The summed E-state index contributed by atoms with van der Waals surface area (Å²) in [5, 5.41) is 2.32. The molecule has 0 bridgehead atoms. The summed E-state index contributed by atoms with van der Waals surface area (Å²) < 4.78 is 5.29. The van der Waals surface area contributed by atoms with Gasteiger partial charge in [-0.2, -0.15) is 0 Å². The molecule has 4 aromatic rings.